The van der Waals surface area contributed by atoms with Gasteiger partial charge in [0.2, 0.25) is 5.91 Å². The number of fused-ring (bicyclic) bond motifs is 2. The van der Waals surface area contributed by atoms with E-state index in [-0.39, 0.29) is 38.5 Å². The standard InChI is InChI=1S/C22H22ClF3N2O2.C17H14ClF3N2O/c1-2-3-8-20(29)27-15-11-14-13-28(21(30)22(24,25)26)10-9-16(14)18(12-15)17-6-4-5-7-19(17)23;18-15-4-2-1-3-13(15)14-8-11(22)7-10-9-23(6-5-12(10)14)16(24)17(19,20)21/h4-7,11-12H,2-3,8-10,13H2,1H3,(H,27,29);1-4,7-8H,5-6,9,22H2. The van der Waals surface area contributed by atoms with Crippen LogP contribution < -0.4 is 11.1 Å². The molecule has 2 aliphatic heterocycles. The predicted molar refractivity (Wildman–Crippen MR) is 197 cm³/mol. The van der Waals surface area contributed by atoms with E-state index < -0.39 is 24.2 Å². The molecule has 0 saturated carbocycles. The molecule has 2 heterocycles. The van der Waals surface area contributed by atoms with Crippen LogP contribution in [0.15, 0.2) is 72.8 Å². The Bertz CT molecular complexity index is 2050. The van der Waals surface area contributed by atoms with Crippen LogP contribution >= 0.6 is 23.2 Å². The van der Waals surface area contributed by atoms with Crippen molar-refractivity contribution in [2.24, 2.45) is 0 Å². The van der Waals surface area contributed by atoms with E-state index in [0.29, 0.717) is 45.4 Å². The molecule has 0 aliphatic carbocycles. The monoisotopic (exact) mass is 792 g/mol. The van der Waals surface area contributed by atoms with Gasteiger partial charge in [0.25, 0.3) is 0 Å². The lowest BCUT2D eigenvalue weighted by Crippen LogP contribution is -2.43. The molecule has 0 fully saturated rings. The van der Waals surface area contributed by atoms with Crippen LogP contribution in [0.1, 0.15) is 48.4 Å². The normalized spacial score (nSPS) is 14.0. The van der Waals surface area contributed by atoms with Crippen molar-refractivity contribution in [1.82, 2.24) is 9.80 Å². The Morgan fingerprint density at radius 1 is 0.704 bits per heavy atom. The average Bonchev–Trinajstić information content (AvgIpc) is 3.12. The molecule has 2 aliphatic rings. The summed E-state index contributed by atoms with van der Waals surface area (Å²) in [6.07, 6.45) is -7.25. The predicted octanol–water partition coefficient (Wildman–Crippen LogP) is 9.62. The molecule has 6 rings (SSSR count). The summed E-state index contributed by atoms with van der Waals surface area (Å²) in [5.41, 5.74) is 12.8. The summed E-state index contributed by atoms with van der Waals surface area (Å²) in [5, 5.41) is 3.87. The fourth-order valence-electron chi connectivity index (χ4n) is 6.60. The van der Waals surface area contributed by atoms with E-state index in [1.165, 1.54) is 0 Å². The molecular formula is C39H36Cl2F6N4O3. The third-order valence-corrected chi connectivity index (χ3v) is 9.78. The number of alkyl halides is 6. The van der Waals surface area contributed by atoms with E-state index in [0.717, 1.165) is 56.0 Å². The van der Waals surface area contributed by atoms with Crippen LogP contribution in [0.25, 0.3) is 22.3 Å². The summed E-state index contributed by atoms with van der Waals surface area (Å²) in [6, 6.07) is 21.2. The second-order valence-corrected chi connectivity index (χ2v) is 13.7. The Kier molecular flexibility index (Phi) is 12.5. The van der Waals surface area contributed by atoms with Crippen LogP contribution in [-0.2, 0) is 40.3 Å². The van der Waals surface area contributed by atoms with Gasteiger partial charge in [-0.05, 0) is 89.0 Å². The Morgan fingerprint density at radius 3 is 1.63 bits per heavy atom. The van der Waals surface area contributed by atoms with Crippen LogP contribution in [-0.4, -0.2) is 53.0 Å². The average molecular weight is 794 g/mol. The summed E-state index contributed by atoms with van der Waals surface area (Å²) in [7, 11) is 0. The van der Waals surface area contributed by atoms with Gasteiger partial charge < -0.3 is 20.9 Å². The fourth-order valence-corrected chi connectivity index (χ4v) is 7.08. The van der Waals surface area contributed by atoms with E-state index in [1.54, 1.807) is 48.5 Å². The van der Waals surface area contributed by atoms with E-state index in [2.05, 4.69) is 5.32 Å². The lowest BCUT2D eigenvalue weighted by molar-refractivity contribution is -0.186. The third kappa shape index (κ3) is 9.48. The van der Waals surface area contributed by atoms with Gasteiger partial charge in [-0.2, -0.15) is 26.3 Å². The van der Waals surface area contributed by atoms with Crippen molar-refractivity contribution >= 4 is 52.3 Å². The Morgan fingerprint density at radius 2 is 1.17 bits per heavy atom. The van der Waals surface area contributed by atoms with Crippen LogP contribution in [0.5, 0.6) is 0 Å². The molecule has 15 heteroatoms. The lowest BCUT2D eigenvalue weighted by Gasteiger charge is -2.31. The van der Waals surface area contributed by atoms with Gasteiger partial charge in [0.1, 0.15) is 0 Å². The van der Waals surface area contributed by atoms with Crippen molar-refractivity contribution < 1.29 is 40.7 Å². The van der Waals surface area contributed by atoms with E-state index in [4.69, 9.17) is 28.9 Å². The van der Waals surface area contributed by atoms with Gasteiger partial charge in [0, 0.05) is 65.1 Å². The molecule has 0 bridgehead atoms. The molecule has 54 heavy (non-hydrogen) atoms. The van der Waals surface area contributed by atoms with Crippen molar-refractivity contribution in [1.29, 1.82) is 0 Å². The van der Waals surface area contributed by atoms with Gasteiger partial charge >= 0.3 is 24.2 Å². The van der Waals surface area contributed by atoms with Gasteiger partial charge in [-0.25, -0.2) is 0 Å². The van der Waals surface area contributed by atoms with Crippen molar-refractivity contribution in [3.8, 4) is 22.3 Å². The maximum atomic E-state index is 12.9. The Balaban J connectivity index is 0.000000213. The Hall–Kier alpha value is -4.75. The summed E-state index contributed by atoms with van der Waals surface area (Å²) in [6.45, 7) is 1.66. The zero-order valence-corrected chi connectivity index (χ0v) is 30.5. The highest BCUT2D eigenvalue weighted by atomic mass is 35.5. The maximum absolute atomic E-state index is 12.9. The number of nitrogens with one attached hydrogen (secondary N) is 1. The minimum Gasteiger partial charge on any atom is -0.399 e. The van der Waals surface area contributed by atoms with Crippen molar-refractivity contribution in [3.05, 3.63) is 105 Å². The number of unbranched alkanes of at least 4 members (excludes halogenated alkanes) is 1. The highest BCUT2D eigenvalue weighted by molar-refractivity contribution is 6.33. The number of nitrogens with two attached hydrogens (primary N) is 1. The molecule has 4 aromatic rings. The summed E-state index contributed by atoms with van der Waals surface area (Å²) < 4.78 is 76.7. The number of hydrogen-bond donors (Lipinski definition) is 2. The first-order valence-electron chi connectivity index (χ1n) is 17.1. The van der Waals surface area contributed by atoms with Gasteiger partial charge in [-0.3, -0.25) is 14.4 Å². The molecule has 3 amide bonds. The molecule has 286 valence electrons. The molecule has 0 radical (unpaired) electrons. The number of carbonyl (C=O) groups is 3. The lowest BCUT2D eigenvalue weighted by atomic mass is 9.89. The highest BCUT2D eigenvalue weighted by Gasteiger charge is 2.44. The number of amides is 3. The molecule has 0 aromatic heterocycles. The molecule has 0 unspecified atom stereocenters. The topological polar surface area (TPSA) is 95.7 Å². The van der Waals surface area contributed by atoms with E-state index >= 15 is 0 Å². The molecule has 0 saturated heterocycles. The van der Waals surface area contributed by atoms with Crippen LogP contribution in [0.3, 0.4) is 0 Å². The fraction of sp³-hybridized carbons (Fsp3) is 0.308. The van der Waals surface area contributed by atoms with Gasteiger partial charge in [0.05, 0.1) is 0 Å². The maximum Gasteiger partial charge on any atom is 0.471 e. The highest BCUT2D eigenvalue weighted by Crippen LogP contribution is 2.39. The quantitative estimate of drug-likeness (QED) is 0.150. The molecule has 7 nitrogen and oxygen atoms in total. The SMILES string of the molecule is CCCCC(=O)Nc1cc2c(c(-c3ccccc3Cl)c1)CCN(C(=O)C(F)(F)F)C2.Nc1cc2c(c(-c3ccccc3Cl)c1)CCN(C(=O)C(F)(F)F)C2. The first-order chi connectivity index (χ1) is 25.5. The minimum absolute atomic E-state index is 0.00666. The smallest absolute Gasteiger partial charge is 0.399 e. The Labute approximate surface area is 318 Å². The van der Waals surface area contributed by atoms with Crippen molar-refractivity contribution in [2.45, 2.75) is 64.5 Å². The number of nitrogen functional groups attached to an aromatic ring is 1. The van der Waals surface area contributed by atoms with Crippen molar-refractivity contribution in [2.75, 3.05) is 24.1 Å². The first-order valence-corrected chi connectivity index (χ1v) is 17.8. The summed E-state index contributed by atoms with van der Waals surface area (Å²) in [4.78, 5) is 37.0. The molecule has 0 spiro atoms. The number of hydrogen-bond acceptors (Lipinski definition) is 4. The van der Waals surface area contributed by atoms with Crippen LogP contribution in [0, 0.1) is 0 Å². The summed E-state index contributed by atoms with van der Waals surface area (Å²) in [5.74, 6) is -3.85. The number of nitrogens with zero attached hydrogens (tertiary/aromatic N) is 2. The molecule has 4 aromatic carbocycles. The van der Waals surface area contributed by atoms with Crippen molar-refractivity contribution in [3.63, 3.8) is 0 Å². The second-order valence-electron chi connectivity index (χ2n) is 12.9. The number of benzene rings is 4. The molecular weight excluding hydrogens is 757 g/mol. The van der Waals surface area contributed by atoms with Gasteiger partial charge in [-0.1, -0.05) is 72.9 Å². The third-order valence-electron chi connectivity index (χ3n) is 9.12. The largest absolute Gasteiger partial charge is 0.471 e. The zero-order chi connectivity index (χ0) is 39.4. The van der Waals surface area contributed by atoms with Crippen LogP contribution in [0.2, 0.25) is 10.0 Å². The second kappa shape index (κ2) is 16.7. The molecule has 0 atom stereocenters. The number of carbonyl (C=O) groups excluding carboxylic acids is 3. The summed E-state index contributed by atoms with van der Waals surface area (Å²) >= 11 is 12.6. The van der Waals surface area contributed by atoms with E-state index in [1.807, 2.05) is 31.2 Å². The number of rotatable bonds is 6. The van der Waals surface area contributed by atoms with Gasteiger partial charge in [0.15, 0.2) is 0 Å². The van der Waals surface area contributed by atoms with Crippen LogP contribution in [0.4, 0.5) is 37.7 Å². The number of halogens is 8. The minimum atomic E-state index is -4.92. The number of anilines is 2. The zero-order valence-electron chi connectivity index (χ0n) is 29.0. The first kappa shape index (κ1) is 40.4. The van der Waals surface area contributed by atoms with Gasteiger partial charge in [-0.15, -0.1) is 0 Å². The van der Waals surface area contributed by atoms with E-state index in [9.17, 15) is 40.7 Å². The molecule has 3 N–H and O–H groups in total.